The van der Waals surface area contributed by atoms with Crippen molar-refractivity contribution < 1.29 is 8.78 Å². The zero-order valence-electron chi connectivity index (χ0n) is 8.86. The van der Waals surface area contributed by atoms with Gasteiger partial charge in [-0.25, -0.2) is 13.8 Å². The monoisotopic (exact) mass is 252 g/mol. The molecule has 1 aromatic carbocycles. The van der Waals surface area contributed by atoms with Gasteiger partial charge < -0.3 is 5.73 Å². The first kappa shape index (κ1) is 11.9. The molecule has 0 saturated carbocycles. The highest BCUT2D eigenvalue weighted by Gasteiger charge is 2.08. The number of pyridine rings is 1. The minimum absolute atomic E-state index is 0.0781. The lowest BCUT2D eigenvalue weighted by atomic mass is 10.2. The van der Waals surface area contributed by atoms with Gasteiger partial charge in [-0.15, -0.1) is 11.8 Å². The van der Waals surface area contributed by atoms with Crippen LogP contribution in [-0.2, 0) is 5.75 Å². The van der Waals surface area contributed by atoms with E-state index in [0.717, 1.165) is 4.90 Å². The van der Waals surface area contributed by atoms with Gasteiger partial charge in [0, 0.05) is 22.4 Å². The molecular weight excluding hydrogens is 242 g/mol. The highest BCUT2D eigenvalue weighted by atomic mass is 32.2. The molecule has 0 aliphatic rings. The Kier molecular flexibility index (Phi) is 3.58. The maximum Gasteiger partial charge on any atom is 0.130 e. The molecule has 5 heteroatoms. The summed E-state index contributed by atoms with van der Waals surface area (Å²) in [6.45, 7) is 0. The van der Waals surface area contributed by atoms with Crippen LogP contribution in [-0.4, -0.2) is 4.98 Å². The first-order chi connectivity index (χ1) is 8.16. The third-order valence-electron chi connectivity index (χ3n) is 2.20. The van der Waals surface area contributed by atoms with Crippen molar-refractivity contribution in [3.05, 3.63) is 53.7 Å². The summed E-state index contributed by atoms with van der Waals surface area (Å²) in [5.74, 6) is -0.405. The van der Waals surface area contributed by atoms with Crippen molar-refractivity contribution in [1.82, 2.24) is 4.98 Å². The SMILES string of the molecule is Nc1ccc(SCc2c(F)cccc2F)cn1. The fourth-order valence-corrected chi connectivity index (χ4v) is 2.18. The maximum absolute atomic E-state index is 13.3. The Labute approximate surface area is 102 Å². The van der Waals surface area contributed by atoms with E-state index in [2.05, 4.69) is 4.98 Å². The summed E-state index contributed by atoms with van der Waals surface area (Å²) in [7, 11) is 0. The van der Waals surface area contributed by atoms with Crippen molar-refractivity contribution >= 4 is 17.6 Å². The topological polar surface area (TPSA) is 38.9 Å². The number of nitrogens with two attached hydrogens (primary N) is 1. The second kappa shape index (κ2) is 5.14. The van der Waals surface area contributed by atoms with Crippen LogP contribution in [0.15, 0.2) is 41.4 Å². The molecule has 0 amide bonds. The van der Waals surface area contributed by atoms with Crippen LogP contribution in [0.2, 0.25) is 0 Å². The number of benzene rings is 1. The summed E-state index contributed by atoms with van der Waals surface area (Å²) in [6, 6.07) is 7.27. The molecule has 0 spiro atoms. The lowest BCUT2D eigenvalue weighted by Gasteiger charge is -2.04. The molecule has 1 heterocycles. The minimum Gasteiger partial charge on any atom is -0.384 e. The average Bonchev–Trinajstić information content (AvgIpc) is 2.31. The molecule has 0 saturated heterocycles. The smallest absolute Gasteiger partial charge is 0.130 e. The quantitative estimate of drug-likeness (QED) is 0.852. The van der Waals surface area contributed by atoms with Crippen LogP contribution in [0.1, 0.15) is 5.56 Å². The standard InChI is InChI=1S/C12H10F2N2S/c13-10-2-1-3-11(14)9(10)7-17-8-4-5-12(15)16-6-8/h1-6H,7H2,(H2,15,16). The summed E-state index contributed by atoms with van der Waals surface area (Å²) in [5.41, 5.74) is 5.52. The van der Waals surface area contributed by atoms with Gasteiger partial charge in [-0.05, 0) is 24.3 Å². The van der Waals surface area contributed by atoms with E-state index in [1.54, 1.807) is 18.3 Å². The van der Waals surface area contributed by atoms with Crippen LogP contribution in [0.5, 0.6) is 0 Å². The number of thioether (sulfide) groups is 1. The fourth-order valence-electron chi connectivity index (χ4n) is 1.30. The summed E-state index contributed by atoms with van der Waals surface area (Å²) >= 11 is 1.31. The first-order valence-electron chi connectivity index (χ1n) is 4.94. The number of nitrogens with zero attached hydrogens (tertiary/aromatic N) is 1. The molecule has 0 radical (unpaired) electrons. The van der Waals surface area contributed by atoms with Gasteiger partial charge in [-0.2, -0.15) is 0 Å². The molecule has 0 aliphatic heterocycles. The Morgan fingerprint density at radius 2 is 1.82 bits per heavy atom. The molecule has 0 bridgehead atoms. The molecule has 2 rings (SSSR count). The molecule has 2 N–H and O–H groups in total. The van der Waals surface area contributed by atoms with E-state index in [4.69, 9.17) is 5.73 Å². The van der Waals surface area contributed by atoms with Gasteiger partial charge in [0.25, 0.3) is 0 Å². The van der Waals surface area contributed by atoms with E-state index < -0.39 is 11.6 Å². The second-order valence-corrected chi connectivity index (χ2v) is 4.46. The summed E-state index contributed by atoms with van der Waals surface area (Å²) in [4.78, 5) is 4.73. The zero-order chi connectivity index (χ0) is 12.3. The van der Waals surface area contributed by atoms with E-state index in [-0.39, 0.29) is 11.3 Å². The van der Waals surface area contributed by atoms with Crippen molar-refractivity contribution in [2.45, 2.75) is 10.6 Å². The fraction of sp³-hybridized carbons (Fsp3) is 0.0833. The summed E-state index contributed by atoms with van der Waals surface area (Å²) < 4.78 is 26.7. The molecule has 88 valence electrons. The number of nitrogen functional groups attached to an aromatic ring is 1. The molecule has 17 heavy (non-hydrogen) atoms. The Hall–Kier alpha value is -1.62. The van der Waals surface area contributed by atoms with Gasteiger partial charge in [0.1, 0.15) is 17.5 Å². The van der Waals surface area contributed by atoms with Crippen LogP contribution in [0.3, 0.4) is 0 Å². The molecule has 2 aromatic rings. The lowest BCUT2D eigenvalue weighted by molar-refractivity contribution is 0.566. The van der Waals surface area contributed by atoms with Gasteiger partial charge in [-0.3, -0.25) is 0 Å². The van der Waals surface area contributed by atoms with Crippen LogP contribution >= 0.6 is 11.8 Å². The largest absolute Gasteiger partial charge is 0.384 e. The van der Waals surface area contributed by atoms with Crippen molar-refractivity contribution in [1.29, 1.82) is 0 Å². The van der Waals surface area contributed by atoms with Crippen molar-refractivity contribution in [3.8, 4) is 0 Å². The van der Waals surface area contributed by atoms with Gasteiger partial charge in [0.05, 0.1) is 0 Å². The van der Waals surface area contributed by atoms with Crippen LogP contribution in [0.4, 0.5) is 14.6 Å². The number of hydrogen-bond acceptors (Lipinski definition) is 3. The molecule has 0 unspecified atom stereocenters. The molecule has 1 aromatic heterocycles. The average molecular weight is 252 g/mol. The number of halogens is 2. The Bertz CT molecular complexity index is 494. The van der Waals surface area contributed by atoms with Crippen molar-refractivity contribution in [3.63, 3.8) is 0 Å². The number of aromatic nitrogens is 1. The molecule has 0 atom stereocenters. The third kappa shape index (κ3) is 2.94. The maximum atomic E-state index is 13.3. The Morgan fingerprint density at radius 3 is 2.41 bits per heavy atom. The Balaban J connectivity index is 2.10. The highest BCUT2D eigenvalue weighted by molar-refractivity contribution is 7.98. The third-order valence-corrected chi connectivity index (χ3v) is 3.21. The molecule has 0 aliphatic carbocycles. The van der Waals surface area contributed by atoms with E-state index in [1.807, 2.05) is 0 Å². The Morgan fingerprint density at radius 1 is 1.12 bits per heavy atom. The molecule has 0 fully saturated rings. The van der Waals surface area contributed by atoms with Crippen LogP contribution in [0.25, 0.3) is 0 Å². The minimum atomic E-state index is -0.527. The molecular formula is C12H10F2N2S. The van der Waals surface area contributed by atoms with E-state index >= 15 is 0 Å². The first-order valence-corrected chi connectivity index (χ1v) is 5.92. The van der Waals surface area contributed by atoms with Gasteiger partial charge in [0.15, 0.2) is 0 Å². The van der Waals surface area contributed by atoms with E-state index in [9.17, 15) is 8.78 Å². The highest BCUT2D eigenvalue weighted by Crippen LogP contribution is 2.25. The lowest BCUT2D eigenvalue weighted by Crippen LogP contribution is -1.93. The van der Waals surface area contributed by atoms with Crippen molar-refractivity contribution in [2.24, 2.45) is 0 Å². The van der Waals surface area contributed by atoms with Crippen LogP contribution in [0, 0.1) is 11.6 Å². The summed E-state index contributed by atoms with van der Waals surface area (Å²) in [6.07, 6.45) is 1.58. The number of rotatable bonds is 3. The van der Waals surface area contributed by atoms with Gasteiger partial charge >= 0.3 is 0 Å². The van der Waals surface area contributed by atoms with Crippen molar-refractivity contribution in [2.75, 3.05) is 5.73 Å². The normalized spacial score (nSPS) is 10.5. The second-order valence-electron chi connectivity index (χ2n) is 3.41. The number of anilines is 1. The van der Waals surface area contributed by atoms with E-state index in [1.165, 1.54) is 30.0 Å². The van der Waals surface area contributed by atoms with Gasteiger partial charge in [-0.1, -0.05) is 6.07 Å². The summed E-state index contributed by atoms with van der Waals surface area (Å²) in [5, 5.41) is 0. The number of hydrogen-bond donors (Lipinski definition) is 1. The van der Waals surface area contributed by atoms with E-state index in [0.29, 0.717) is 5.82 Å². The zero-order valence-corrected chi connectivity index (χ0v) is 9.68. The van der Waals surface area contributed by atoms with Crippen LogP contribution < -0.4 is 5.73 Å². The predicted molar refractivity (Wildman–Crippen MR) is 64.6 cm³/mol. The van der Waals surface area contributed by atoms with Gasteiger partial charge in [0.2, 0.25) is 0 Å². The molecule has 2 nitrogen and oxygen atoms in total. The predicted octanol–water partition coefficient (Wildman–Crippen LogP) is 3.23.